The van der Waals surface area contributed by atoms with Gasteiger partial charge in [-0.05, 0) is 37.3 Å². The van der Waals surface area contributed by atoms with E-state index in [1.54, 1.807) is 0 Å². The zero-order valence-corrected chi connectivity index (χ0v) is 12.2. The molecule has 1 aliphatic rings. The lowest BCUT2D eigenvalue weighted by atomic mass is 10.2. The van der Waals surface area contributed by atoms with E-state index in [-0.39, 0.29) is 0 Å². The number of nitrogens with zero attached hydrogens (tertiary/aromatic N) is 1. The van der Waals surface area contributed by atoms with Gasteiger partial charge in [-0.25, -0.2) is 0 Å². The van der Waals surface area contributed by atoms with Crippen LogP contribution in [0.3, 0.4) is 0 Å². The molecule has 0 amide bonds. The molecule has 2 heterocycles. The Hall–Kier alpha value is -0.0300. The molecule has 0 bridgehead atoms. The van der Waals surface area contributed by atoms with Gasteiger partial charge < -0.3 is 5.73 Å². The minimum atomic E-state index is 0.444. The van der Waals surface area contributed by atoms with Crippen molar-refractivity contribution in [2.24, 2.45) is 5.73 Å². The van der Waals surface area contributed by atoms with E-state index in [0.29, 0.717) is 6.04 Å². The number of hydrogen-bond donors (Lipinski definition) is 1. The van der Waals surface area contributed by atoms with Crippen molar-refractivity contribution in [1.29, 1.82) is 0 Å². The van der Waals surface area contributed by atoms with E-state index in [0.717, 1.165) is 13.0 Å². The molecule has 1 saturated heterocycles. The van der Waals surface area contributed by atoms with Crippen LogP contribution >= 0.6 is 23.1 Å². The van der Waals surface area contributed by atoms with E-state index >= 15 is 0 Å². The highest BCUT2D eigenvalue weighted by molar-refractivity contribution is 7.99. The van der Waals surface area contributed by atoms with Crippen LogP contribution in [-0.2, 0) is 6.42 Å². The Morgan fingerprint density at radius 2 is 2.24 bits per heavy atom. The van der Waals surface area contributed by atoms with E-state index in [1.165, 1.54) is 40.8 Å². The molecule has 1 aromatic rings. The minimum absolute atomic E-state index is 0.444. The SMILES string of the molecule is CCc1ccc(C(CN)N2CCCSCC2)s1. The fourth-order valence-electron chi connectivity index (χ4n) is 2.29. The number of hydrogen-bond acceptors (Lipinski definition) is 4. The topological polar surface area (TPSA) is 29.3 Å². The normalized spacial score (nSPS) is 20.1. The fourth-order valence-corrected chi connectivity index (χ4v) is 4.29. The second-order valence-electron chi connectivity index (χ2n) is 4.41. The molecule has 1 fully saturated rings. The molecule has 96 valence electrons. The van der Waals surface area contributed by atoms with E-state index in [9.17, 15) is 0 Å². The van der Waals surface area contributed by atoms with Crippen molar-refractivity contribution in [3.05, 3.63) is 21.9 Å². The van der Waals surface area contributed by atoms with Crippen LogP contribution in [0.25, 0.3) is 0 Å². The molecule has 1 unspecified atom stereocenters. The van der Waals surface area contributed by atoms with Crippen molar-refractivity contribution < 1.29 is 0 Å². The van der Waals surface area contributed by atoms with Crippen molar-refractivity contribution in [2.75, 3.05) is 31.1 Å². The first-order valence-corrected chi connectivity index (χ1v) is 8.42. The Morgan fingerprint density at radius 3 is 2.94 bits per heavy atom. The third-order valence-corrected chi connectivity index (χ3v) is 5.66. The van der Waals surface area contributed by atoms with Crippen molar-refractivity contribution in [3.63, 3.8) is 0 Å². The number of aryl methyl sites for hydroxylation is 1. The van der Waals surface area contributed by atoms with Gasteiger partial charge in [-0.3, -0.25) is 4.90 Å². The van der Waals surface area contributed by atoms with Gasteiger partial charge in [0, 0.05) is 28.6 Å². The summed E-state index contributed by atoms with van der Waals surface area (Å²) in [5, 5.41) is 0. The average Bonchev–Trinajstić information content (AvgIpc) is 2.66. The molecule has 1 aromatic heterocycles. The summed E-state index contributed by atoms with van der Waals surface area (Å²) in [4.78, 5) is 5.50. The Bertz CT molecular complexity index is 330. The molecule has 2 nitrogen and oxygen atoms in total. The Morgan fingerprint density at radius 1 is 1.35 bits per heavy atom. The summed E-state index contributed by atoms with van der Waals surface area (Å²) >= 11 is 4.01. The molecule has 1 atom stereocenters. The molecule has 0 aliphatic carbocycles. The molecule has 0 aromatic carbocycles. The maximum Gasteiger partial charge on any atom is 0.0564 e. The molecule has 17 heavy (non-hydrogen) atoms. The third kappa shape index (κ3) is 3.47. The standard InChI is InChI=1S/C13H22N2S2/c1-2-11-4-5-13(17-11)12(10-14)15-6-3-8-16-9-7-15/h4-5,12H,2-3,6-10,14H2,1H3. The number of nitrogens with two attached hydrogens (primary N) is 1. The molecule has 0 saturated carbocycles. The highest BCUT2D eigenvalue weighted by atomic mass is 32.2. The van der Waals surface area contributed by atoms with E-state index in [2.05, 4.69) is 35.7 Å². The molecule has 4 heteroatoms. The molecule has 0 spiro atoms. The summed E-state index contributed by atoms with van der Waals surface area (Å²) in [5.41, 5.74) is 6.00. The predicted molar refractivity (Wildman–Crippen MR) is 79.0 cm³/mol. The Balaban J connectivity index is 2.08. The van der Waals surface area contributed by atoms with Gasteiger partial charge in [-0.15, -0.1) is 11.3 Å². The highest BCUT2D eigenvalue weighted by Crippen LogP contribution is 2.29. The van der Waals surface area contributed by atoms with Crippen molar-refractivity contribution in [2.45, 2.75) is 25.8 Å². The van der Waals surface area contributed by atoms with Gasteiger partial charge >= 0.3 is 0 Å². The summed E-state index contributed by atoms with van der Waals surface area (Å²) < 4.78 is 0. The maximum absolute atomic E-state index is 6.00. The van der Waals surface area contributed by atoms with Gasteiger partial charge in [0.15, 0.2) is 0 Å². The second-order valence-corrected chi connectivity index (χ2v) is 6.84. The van der Waals surface area contributed by atoms with Crippen LogP contribution in [0.15, 0.2) is 12.1 Å². The van der Waals surface area contributed by atoms with Gasteiger partial charge in [0.1, 0.15) is 0 Å². The minimum Gasteiger partial charge on any atom is -0.329 e. The highest BCUT2D eigenvalue weighted by Gasteiger charge is 2.21. The van der Waals surface area contributed by atoms with Crippen LogP contribution in [0.2, 0.25) is 0 Å². The summed E-state index contributed by atoms with van der Waals surface area (Å²) in [6.45, 7) is 5.35. The largest absolute Gasteiger partial charge is 0.329 e. The fraction of sp³-hybridized carbons (Fsp3) is 0.692. The van der Waals surface area contributed by atoms with Crippen LogP contribution in [0, 0.1) is 0 Å². The quantitative estimate of drug-likeness (QED) is 0.912. The summed E-state index contributed by atoms with van der Waals surface area (Å²) in [6, 6.07) is 4.98. The van der Waals surface area contributed by atoms with Gasteiger partial charge in [-0.2, -0.15) is 11.8 Å². The lowest BCUT2D eigenvalue weighted by molar-refractivity contribution is 0.221. The molecular formula is C13H22N2S2. The number of rotatable bonds is 4. The number of thiophene rings is 1. The lowest BCUT2D eigenvalue weighted by Gasteiger charge is -2.28. The number of thioether (sulfide) groups is 1. The van der Waals surface area contributed by atoms with Gasteiger partial charge in [0.2, 0.25) is 0 Å². The Labute approximate surface area is 113 Å². The van der Waals surface area contributed by atoms with Crippen molar-refractivity contribution in [3.8, 4) is 0 Å². The second kappa shape index (κ2) is 6.78. The predicted octanol–water partition coefficient (Wildman–Crippen LogP) is 2.75. The van der Waals surface area contributed by atoms with Crippen LogP contribution in [0.5, 0.6) is 0 Å². The molecule has 0 radical (unpaired) electrons. The van der Waals surface area contributed by atoms with Crippen molar-refractivity contribution >= 4 is 23.1 Å². The van der Waals surface area contributed by atoms with E-state index in [1.807, 2.05) is 11.3 Å². The summed E-state index contributed by atoms with van der Waals surface area (Å²) in [7, 11) is 0. The first kappa shape index (κ1) is 13.4. The van der Waals surface area contributed by atoms with E-state index < -0.39 is 0 Å². The first-order valence-electron chi connectivity index (χ1n) is 6.45. The Kier molecular flexibility index (Phi) is 5.35. The summed E-state index contributed by atoms with van der Waals surface area (Å²) in [5.74, 6) is 2.56. The third-order valence-electron chi connectivity index (χ3n) is 3.28. The van der Waals surface area contributed by atoms with E-state index in [4.69, 9.17) is 5.73 Å². The van der Waals surface area contributed by atoms with Crippen LogP contribution in [0.4, 0.5) is 0 Å². The van der Waals surface area contributed by atoms with Crippen LogP contribution in [-0.4, -0.2) is 36.0 Å². The van der Waals surface area contributed by atoms with Gasteiger partial charge in [0.25, 0.3) is 0 Å². The smallest absolute Gasteiger partial charge is 0.0564 e. The molecule has 2 rings (SSSR count). The van der Waals surface area contributed by atoms with Gasteiger partial charge in [-0.1, -0.05) is 6.92 Å². The first-order chi connectivity index (χ1) is 8.35. The summed E-state index contributed by atoms with van der Waals surface area (Å²) in [6.07, 6.45) is 2.44. The van der Waals surface area contributed by atoms with Gasteiger partial charge in [0.05, 0.1) is 6.04 Å². The molecule has 1 aliphatic heterocycles. The monoisotopic (exact) mass is 270 g/mol. The zero-order chi connectivity index (χ0) is 12.1. The maximum atomic E-state index is 6.00. The zero-order valence-electron chi connectivity index (χ0n) is 10.5. The molecule has 2 N–H and O–H groups in total. The average molecular weight is 270 g/mol. The van der Waals surface area contributed by atoms with Crippen LogP contribution < -0.4 is 5.73 Å². The lowest BCUT2D eigenvalue weighted by Crippen LogP contribution is -2.34. The van der Waals surface area contributed by atoms with Crippen LogP contribution in [0.1, 0.15) is 29.1 Å². The van der Waals surface area contributed by atoms with Crippen molar-refractivity contribution in [1.82, 2.24) is 4.90 Å². The molecular weight excluding hydrogens is 248 g/mol.